The third-order valence-corrected chi connectivity index (χ3v) is 3.34. The van der Waals surface area contributed by atoms with Crippen molar-refractivity contribution < 1.29 is 9.15 Å². The van der Waals surface area contributed by atoms with Gasteiger partial charge in [-0.15, -0.1) is 0 Å². The third kappa shape index (κ3) is 2.57. The molecule has 5 heteroatoms. The van der Waals surface area contributed by atoms with E-state index < -0.39 is 0 Å². The van der Waals surface area contributed by atoms with Gasteiger partial charge in [0.2, 0.25) is 5.89 Å². The molecular weight excluding hydrogens is 278 g/mol. The molecule has 3 rings (SSSR count). The second-order valence-electron chi connectivity index (χ2n) is 5.43. The zero-order valence-electron chi connectivity index (χ0n) is 12.9. The first-order valence-corrected chi connectivity index (χ1v) is 7.18. The molecule has 0 aliphatic heterocycles. The highest BCUT2D eigenvalue weighted by Crippen LogP contribution is 2.32. The van der Waals surface area contributed by atoms with Crippen LogP contribution in [0.4, 0.5) is 11.4 Å². The number of methoxy groups -OCH3 is 1. The van der Waals surface area contributed by atoms with Gasteiger partial charge in [0, 0.05) is 11.6 Å². The van der Waals surface area contributed by atoms with Crippen molar-refractivity contribution >= 4 is 22.5 Å². The van der Waals surface area contributed by atoms with E-state index in [9.17, 15) is 0 Å². The molecule has 0 unspecified atom stereocenters. The van der Waals surface area contributed by atoms with Crippen LogP contribution in [-0.4, -0.2) is 18.1 Å². The zero-order valence-corrected chi connectivity index (χ0v) is 12.9. The van der Waals surface area contributed by atoms with E-state index in [1.165, 1.54) is 0 Å². The fourth-order valence-corrected chi connectivity index (χ4v) is 2.35. The quantitative estimate of drug-likeness (QED) is 0.714. The van der Waals surface area contributed by atoms with Crippen LogP contribution >= 0.6 is 0 Å². The molecule has 0 atom stereocenters. The Morgan fingerprint density at radius 3 is 2.73 bits per heavy atom. The van der Waals surface area contributed by atoms with Gasteiger partial charge in [-0.05, 0) is 44.2 Å². The Labute approximate surface area is 129 Å². The molecule has 5 nitrogen and oxygen atoms in total. The van der Waals surface area contributed by atoms with Crippen LogP contribution in [0, 0.1) is 0 Å². The van der Waals surface area contributed by atoms with Gasteiger partial charge in [-0.3, -0.25) is 0 Å². The lowest BCUT2D eigenvalue weighted by Crippen LogP contribution is -2.11. The van der Waals surface area contributed by atoms with Crippen molar-refractivity contribution in [1.29, 1.82) is 0 Å². The Bertz CT molecular complexity index is 809. The van der Waals surface area contributed by atoms with E-state index in [0.717, 1.165) is 16.8 Å². The van der Waals surface area contributed by atoms with Crippen molar-refractivity contribution in [3.63, 3.8) is 0 Å². The van der Waals surface area contributed by atoms with Gasteiger partial charge in [0.05, 0.1) is 18.5 Å². The lowest BCUT2D eigenvalue weighted by Gasteiger charge is -2.12. The smallest absolute Gasteiger partial charge is 0.227 e. The van der Waals surface area contributed by atoms with Gasteiger partial charge in [0.15, 0.2) is 11.3 Å². The molecule has 3 N–H and O–H groups in total. The van der Waals surface area contributed by atoms with E-state index in [0.29, 0.717) is 29.0 Å². The fraction of sp³-hybridized carbons (Fsp3) is 0.235. The molecule has 0 bridgehead atoms. The summed E-state index contributed by atoms with van der Waals surface area (Å²) in [6.45, 7) is 4.14. The minimum Gasteiger partial charge on any atom is -0.493 e. The van der Waals surface area contributed by atoms with Crippen molar-refractivity contribution in [2.75, 3.05) is 18.2 Å². The van der Waals surface area contributed by atoms with Crippen LogP contribution in [0.3, 0.4) is 0 Å². The number of ether oxygens (including phenoxy) is 1. The minimum absolute atomic E-state index is 0.321. The molecule has 22 heavy (non-hydrogen) atoms. The molecule has 2 aromatic carbocycles. The second-order valence-corrected chi connectivity index (χ2v) is 5.43. The summed E-state index contributed by atoms with van der Waals surface area (Å²) in [5, 5.41) is 3.30. The molecule has 114 valence electrons. The highest BCUT2D eigenvalue weighted by molar-refractivity contribution is 5.83. The van der Waals surface area contributed by atoms with Crippen molar-refractivity contribution in [2.24, 2.45) is 0 Å². The number of nitrogen functional groups attached to an aromatic ring is 1. The van der Waals surface area contributed by atoms with Crippen molar-refractivity contribution in [3.05, 3.63) is 36.4 Å². The molecular formula is C17H19N3O2. The normalized spacial score (nSPS) is 11.1. The number of nitrogens with zero attached hydrogens (tertiary/aromatic N) is 1. The molecule has 1 heterocycles. The summed E-state index contributed by atoms with van der Waals surface area (Å²) in [4.78, 5) is 4.50. The fourth-order valence-electron chi connectivity index (χ4n) is 2.35. The summed E-state index contributed by atoms with van der Waals surface area (Å²) in [7, 11) is 1.61. The van der Waals surface area contributed by atoms with Gasteiger partial charge >= 0.3 is 0 Å². The summed E-state index contributed by atoms with van der Waals surface area (Å²) >= 11 is 0. The number of anilines is 2. The molecule has 1 aromatic heterocycles. The van der Waals surface area contributed by atoms with Gasteiger partial charge in [-0.2, -0.15) is 0 Å². The van der Waals surface area contributed by atoms with Crippen LogP contribution in [0.15, 0.2) is 40.8 Å². The predicted molar refractivity (Wildman–Crippen MR) is 89.2 cm³/mol. The monoisotopic (exact) mass is 297 g/mol. The minimum atomic E-state index is 0.321. The average Bonchev–Trinajstić information content (AvgIpc) is 2.92. The molecule has 0 amide bonds. The number of rotatable bonds is 4. The van der Waals surface area contributed by atoms with Gasteiger partial charge < -0.3 is 20.2 Å². The number of nitrogens with one attached hydrogen (secondary N) is 1. The number of oxazole rings is 1. The molecule has 0 saturated carbocycles. The van der Waals surface area contributed by atoms with Gasteiger partial charge in [-0.1, -0.05) is 6.07 Å². The van der Waals surface area contributed by atoms with Crippen LogP contribution in [0.2, 0.25) is 0 Å². The largest absolute Gasteiger partial charge is 0.493 e. The predicted octanol–water partition coefficient (Wildman–Crippen LogP) is 3.91. The van der Waals surface area contributed by atoms with Crippen LogP contribution < -0.4 is 15.8 Å². The Morgan fingerprint density at radius 2 is 2.05 bits per heavy atom. The second kappa shape index (κ2) is 5.60. The van der Waals surface area contributed by atoms with E-state index >= 15 is 0 Å². The Balaban J connectivity index is 2.02. The molecule has 0 saturated heterocycles. The average molecular weight is 297 g/mol. The Kier molecular flexibility index (Phi) is 3.63. The van der Waals surface area contributed by atoms with Crippen LogP contribution in [0.25, 0.3) is 22.6 Å². The zero-order chi connectivity index (χ0) is 15.7. The molecule has 0 radical (unpaired) electrons. The van der Waals surface area contributed by atoms with Gasteiger partial charge in [0.25, 0.3) is 0 Å². The summed E-state index contributed by atoms with van der Waals surface area (Å²) in [6, 6.07) is 11.7. The van der Waals surface area contributed by atoms with Gasteiger partial charge in [-0.25, -0.2) is 4.98 Å². The number of para-hydroxylation sites is 1. The van der Waals surface area contributed by atoms with Crippen molar-refractivity contribution in [2.45, 2.75) is 19.9 Å². The maximum absolute atomic E-state index is 6.10. The van der Waals surface area contributed by atoms with E-state index in [-0.39, 0.29) is 0 Å². The number of nitrogens with two attached hydrogens (primary N) is 1. The number of aromatic nitrogens is 1. The van der Waals surface area contributed by atoms with Gasteiger partial charge in [0.1, 0.15) is 5.52 Å². The van der Waals surface area contributed by atoms with Crippen molar-refractivity contribution in [3.8, 4) is 17.2 Å². The Hall–Kier alpha value is -2.69. The maximum Gasteiger partial charge on any atom is 0.227 e. The van der Waals surface area contributed by atoms with E-state index in [1.807, 2.05) is 36.4 Å². The van der Waals surface area contributed by atoms with Crippen LogP contribution in [-0.2, 0) is 0 Å². The lowest BCUT2D eigenvalue weighted by atomic mass is 10.1. The molecule has 0 aliphatic carbocycles. The summed E-state index contributed by atoms with van der Waals surface area (Å²) in [5.74, 6) is 1.20. The van der Waals surface area contributed by atoms with Crippen LogP contribution in [0.5, 0.6) is 5.75 Å². The highest BCUT2D eigenvalue weighted by atomic mass is 16.5. The first kappa shape index (κ1) is 14.3. The first-order valence-electron chi connectivity index (χ1n) is 7.18. The third-order valence-electron chi connectivity index (χ3n) is 3.34. The molecule has 3 aromatic rings. The molecule has 0 fully saturated rings. The molecule has 0 spiro atoms. The van der Waals surface area contributed by atoms with E-state index in [4.69, 9.17) is 14.9 Å². The van der Waals surface area contributed by atoms with Crippen molar-refractivity contribution in [1.82, 2.24) is 4.98 Å². The summed E-state index contributed by atoms with van der Waals surface area (Å²) < 4.78 is 11.1. The molecule has 0 aliphatic rings. The SMILES string of the molecule is COc1cccc2nc(-c3ccc(NC(C)C)c(N)c3)oc12. The number of hydrogen-bond acceptors (Lipinski definition) is 5. The number of hydrogen-bond donors (Lipinski definition) is 2. The first-order chi connectivity index (χ1) is 10.6. The summed E-state index contributed by atoms with van der Waals surface area (Å²) in [5.41, 5.74) is 9.92. The van der Waals surface area contributed by atoms with E-state index in [1.54, 1.807) is 7.11 Å². The topological polar surface area (TPSA) is 73.3 Å². The summed E-state index contributed by atoms with van der Waals surface area (Å²) in [6.07, 6.45) is 0. The highest BCUT2D eigenvalue weighted by Gasteiger charge is 2.13. The Morgan fingerprint density at radius 1 is 1.23 bits per heavy atom. The standard InChI is InChI=1S/C17H19N3O2/c1-10(2)19-13-8-7-11(9-12(13)18)17-20-14-5-4-6-15(21-3)16(14)22-17/h4-10,19H,18H2,1-3H3. The number of benzene rings is 2. The number of fused-ring (bicyclic) bond motifs is 1. The maximum atomic E-state index is 6.10. The van der Waals surface area contributed by atoms with E-state index in [2.05, 4.69) is 24.1 Å². The van der Waals surface area contributed by atoms with Crippen LogP contribution in [0.1, 0.15) is 13.8 Å². The lowest BCUT2D eigenvalue weighted by molar-refractivity contribution is 0.411.